The number of amides is 1. The lowest BCUT2D eigenvalue weighted by atomic mass is 10.2. The molecule has 1 saturated heterocycles. The van der Waals surface area contributed by atoms with Gasteiger partial charge in [-0.3, -0.25) is 9.69 Å². The Kier molecular flexibility index (Phi) is 6.17. The van der Waals surface area contributed by atoms with E-state index in [9.17, 15) is 19.3 Å². The van der Waals surface area contributed by atoms with E-state index in [1.165, 1.54) is 16.9 Å². The minimum atomic E-state index is -0.572. The maximum absolute atomic E-state index is 13.7. The summed E-state index contributed by atoms with van der Waals surface area (Å²) in [5.74, 6) is -0.491. The molecule has 2 aromatic rings. The third-order valence-electron chi connectivity index (χ3n) is 4.50. The molecule has 1 aromatic carbocycles. The molecule has 1 aliphatic heterocycles. The number of hydrogen-bond donors (Lipinski definition) is 0. The van der Waals surface area contributed by atoms with Crippen LogP contribution >= 0.6 is 15.9 Å². The van der Waals surface area contributed by atoms with E-state index in [0.29, 0.717) is 42.8 Å². The zero-order chi connectivity index (χ0) is 19.4. The molecule has 144 valence electrons. The number of hydrogen-bond acceptors (Lipinski definition) is 5. The second kappa shape index (κ2) is 8.57. The highest BCUT2D eigenvalue weighted by molar-refractivity contribution is 9.10. The van der Waals surface area contributed by atoms with Gasteiger partial charge in [0, 0.05) is 44.7 Å². The number of nitro groups is 1. The summed E-state index contributed by atoms with van der Waals surface area (Å²) in [6.45, 7) is 3.32. The van der Waals surface area contributed by atoms with Crippen molar-refractivity contribution in [3.63, 3.8) is 0 Å². The average molecular weight is 440 g/mol. The van der Waals surface area contributed by atoms with Crippen LogP contribution in [0.5, 0.6) is 0 Å². The van der Waals surface area contributed by atoms with Gasteiger partial charge in [-0.1, -0.05) is 18.2 Å². The van der Waals surface area contributed by atoms with Gasteiger partial charge in [0.1, 0.15) is 10.3 Å². The molecule has 3 rings (SSSR count). The van der Waals surface area contributed by atoms with Crippen molar-refractivity contribution >= 4 is 27.7 Å². The number of carbonyl (C=O) groups is 1. The summed E-state index contributed by atoms with van der Waals surface area (Å²) in [6.07, 6.45) is 1.72. The highest BCUT2D eigenvalue weighted by Gasteiger charge is 2.23. The van der Waals surface area contributed by atoms with E-state index in [2.05, 4.69) is 25.9 Å². The maximum atomic E-state index is 13.7. The quantitative estimate of drug-likeness (QED) is 0.509. The summed E-state index contributed by atoms with van der Waals surface area (Å²) in [7, 11) is 0. The number of piperazine rings is 1. The molecule has 1 aliphatic rings. The fourth-order valence-electron chi connectivity index (χ4n) is 3.02. The van der Waals surface area contributed by atoms with Gasteiger partial charge in [0.05, 0.1) is 17.8 Å². The summed E-state index contributed by atoms with van der Waals surface area (Å²) in [6, 6.07) is 6.71. The second-order valence-corrected chi connectivity index (χ2v) is 7.17. The molecule has 10 heteroatoms. The molecule has 0 spiro atoms. The Labute approximate surface area is 163 Å². The van der Waals surface area contributed by atoms with Crippen molar-refractivity contribution in [2.75, 3.05) is 26.2 Å². The molecule has 0 saturated carbocycles. The average Bonchev–Trinajstić information content (AvgIpc) is 3.03. The smallest absolute Gasteiger partial charge is 0.358 e. The maximum Gasteiger partial charge on any atom is 0.404 e. The Morgan fingerprint density at radius 3 is 2.59 bits per heavy atom. The van der Waals surface area contributed by atoms with Gasteiger partial charge in [-0.2, -0.15) is 4.68 Å². The van der Waals surface area contributed by atoms with E-state index in [-0.39, 0.29) is 30.5 Å². The summed E-state index contributed by atoms with van der Waals surface area (Å²) >= 11 is 3.09. The molecule has 8 nitrogen and oxygen atoms in total. The van der Waals surface area contributed by atoms with E-state index in [4.69, 9.17) is 0 Å². The van der Waals surface area contributed by atoms with E-state index in [1.807, 2.05) is 6.07 Å². The number of aryl methyl sites for hydroxylation is 1. The van der Waals surface area contributed by atoms with Crippen LogP contribution in [0.15, 0.2) is 34.9 Å². The molecule has 1 amide bonds. The monoisotopic (exact) mass is 439 g/mol. The van der Waals surface area contributed by atoms with Crippen molar-refractivity contribution in [2.45, 2.75) is 19.5 Å². The predicted molar refractivity (Wildman–Crippen MR) is 99.5 cm³/mol. The van der Waals surface area contributed by atoms with Crippen molar-refractivity contribution in [3.05, 3.63) is 56.4 Å². The first-order valence-corrected chi connectivity index (χ1v) is 9.34. The van der Waals surface area contributed by atoms with Crippen LogP contribution in [0.25, 0.3) is 0 Å². The number of nitrogens with zero attached hydrogens (tertiary/aromatic N) is 5. The first-order valence-electron chi connectivity index (χ1n) is 8.55. The van der Waals surface area contributed by atoms with Crippen molar-refractivity contribution in [1.82, 2.24) is 19.6 Å². The molecule has 0 N–H and O–H groups in total. The van der Waals surface area contributed by atoms with Gasteiger partial charge in [-0.15, -0.1) is 0 Å². The molecule has 0 atom stereocenters. The van der Waals surface area contributed by atoms with Crippen LogP contribution in [0, 0.1) is 15.9 Å². The molecule has 27 heavy (non-hydrogen) atoms. The van der Waals surface area contributed by atoms with E-state index < -0.39 is 4.92 Å². The molecule has 2 heterocycles. The van der Waals surface area contributed by atoms with Crippen LogP contribution in [-0.4, -0.2) is 56.6 Å². The van der Waals surface area contributed by atoms with Crippen LogP contribution in [0.1, 0.15) is 12.0 Å². The minimum absolute atomic E-state index is 0.0187. The Morgan fingerprint density at radius 1 is 1.26 bits per heavy atom. The van der Waals surface area contributed by atoms with Crippen LogP contribution in [0.4, 0.5) is 10.2 Å². The molecule has 0 bridgehead atoms. The van der Waals surface area contributed by atoms with Gasteiger partial charge >= 0.3 is 5.82 Å². The number of carbonyl (C=O) groups excluding carboxylic acids is 1. The Hall–Kier alpha value is -2.33. The molecule has 1 aromatic heterocycles. The zero-order valence-electron chi connectivity index (χ0n) is 14.6. The fourth-order valence-corrected chi connectivity index (χ4v) is 3.48. The van der Waals surface area contributed by atoms with Gasteiger partial charge in [0.2, 0.25) is 5.91 Å². The minimum Gasteiger partial charge on any atom is -0.358 e. The summed E-state index contributed by atoms with van der Waals surface area (Å²) in [4.78, 5) is 26.5. The van der Waals surface area contributed by atoms with Gasteiger partial charge in [-0.25, -0.2) is 4.39 Å². The molecular formula is C17H19BrFN5O3. The van der Waals surface area contributed by atoms with Gasteiger partial charge in [0.15, 0.2) is 0 Å². The summed E-state index contributed by atoms with van der Waals surface area (Å²) < 4.78 is 15.4. The second-order valence-electron chi connectivity index (χ2n) is 6.32. The van der Waals surface area contributed by atoms with Gasteiger partial charge in [0.25, 0.3) is 0 Å². The van der Waals surface area contributed by atoms with Crippen LogP contribution in [0.2, 0.25) is 0 Å². The predicted octanol–water partition coefficient (Wildman–Crippen LogP) is 2.43. The largest absolute Gasteiger partial charge is 0.404 e. The van der Waals surface area contributed by atoms with E-state index in [1.54, 1.807) is 17.0 Å². The molecule has 0 unspecified atom stereocenters. The zero-order valence-corrected chi connectivity index (χ0v) is 16.1. The topological polar surface area (TPSA) is 84.5 Å². The van der Waals surface area contributed by atoms with Gasteiger partial charge < -0.3 is 15.0 Å². The lowest BCUT2D eigenvalue weighted by molar-refractivity contribution is -0.390. The van der Waals surface area contributed by atoms with Crippen molar-refractivity contribution in [1.29, 1.82) is 0 Å². The third-order valence-corrected chi connectivity index (χ3v) is 5.06. The SMILES string of the molecule is O=C(CCn1cc(Br)c([N+](=O)[O-])n1)N1CCN(Cc2ccccc2F)CC1. The Balaban J connectivity index is 1.46. The first-order chi connectivity index (χ1) is 12.9. The van der Waals surface area contributed by atoms with E-state index in [0.717, 1.165) is 0 Å². The summed E-state index contributed by atoms with van der Waals surface area (Å²) in [5, 5.41) is 14.6. The lowest BCUT2D eigenvalue weighted by Gasteiger charge is -2.34. The molecule has 0 aliphatic carbocycles. The highest BCUT2D eigenvalue weighted by atomic mass is 79.9. The van der Waals surface area contributed by atoms with Crippen molar-refractivity contribution in [3.8, 4) is 0 Å². The molecular weight excluding hydrogens is 421 g/mol. The van der Waals surface area contributed by atoms with E-state index >= 15 is 0 Å². The van der Waals surface area contributed by atoms with Crippen LogP contribution < -0.4 is 0 Å². The van der Waals surface area contributed by atoms with Crippen LogP contribution in [-0.2, 0) is 17.9 Å². The van der Waals surface area contributed by atoms with Crippen LogP contribution in [0.3, 0.4) is 0 Å². The highest BCUT2D eigenvalue weighted by Crippen LogP contribution is 2.22. The van der Waals surface area contributed by atoms with Crippen molar-refractivity contribution < 1.29 is 14.1 Å². The first kappa shape index (κ1) is 19.4. The van der Waals surface area contributed by atoms with Gasteiger partial charge in [-0.05, 0) is 26.9 Å². The Bertz CT molecular complexity index is 836. The molecule has 1 fully saturated rings. The summed E-state index contributed by atoms with van der Waals surface area (Å²) in [5.41, 5.74) is 0.656. The lowest BCUT2D eigenvalue weighted by Crippen LogP contribution is -2.48. The molecule has 0 radical (unpaired) electrons. The number of benzene rings is 1. The standard InChI is InChI=1S/C17H19BrFN5O3/c18-14-12-23(20-17(14)24(26)27)6-5-16(25)22-9-7-21(8-10-22)11-13-3-1-2-4-15(13)19/h1-4,12H,5-11H2. The number of aromatic nitrogens is 2. The van der Waals surface area contributed by atoms with Crippen molar-refractivity contribution in [2.24, 2.45) is 0 Å². The number of rotatable bonds is 6. The third kappa shape index (κ3) is 4.89. The normalized spacial score (nSPS) is 15.1. The fraction of sp³-hybridized carbons (Fsp3) is 0.412. The Morgan fingerprint density at radius 2 is 1.96 bits per heavy atom. The number of halogens is 2.